The van der Waals surface area contributed by atoms with Crippen LogP contribution in [0.25, 0.3) is 17.1 Å². The van der Waals surface area contributed by atoms with Crippen molar-refractivity contribution in [3.8, 4) is 17.1 Å². The van der Waals surface area contributed by atoms with Gasteiger partial charge >= 0.3 is 0 Å². The lowest BCUT2D eigenvalue weighted by Gasteiger charge is -2.05. The molecule has 0 saturated heterocycles. The Morgan fingerprint density at radius 2 is 2.26 bits per heavy atom. The Bertz CT molecular complexity index is 700. The summed E-state index contributed by atoms with van der Waals surface area (Å²) in [4.78, 5) is 8.43. The molecule has 0 aliphatic heterocycles. The summed E-state index contributed by atoms with van der Waals surface area (Å²) in [5, 5.41) is 3.91. The fourth-order valence-electron chi connectivity index (χ4n) is 1.90. The van der Waals surface area contributed by atoms with Gasteiger partial charge in [0.25, 0.3) is 0 Å². The van der Waals surface area contributed by atoms with Gasteiger partial charge in [-0.1, -0.05) is 17.3 Å². The number of nitrogens with zero attached hydrogens (tertiary/aromatic N) is 4. The van der Waals surface area contributed by atoms with E-state index in [0.717, 1.165) is 17.1 Å². The normalized spacial score (nSPS) is 10.8. The zero-order valence-corrected chi connectivity index (χ0v) is 10.4. The lowest BCUT2D eigenvalue weighted by molar-refractivity contribution is 0.380. The molecule has 0 atom stereocenters. The standard InChI is InChI=1S/C13H13N5O/c1-9-15-5-6-18(9)11-4-2-3-10(7-11)13-16-12(8-14)19-17-13/h2-7H,8,14H2,1H3. The van der Waals surface area contributed by atoms with E-state index in [1.54, 1.807) is 6.20 Å². The van der Waals surface area contributed by atoms with Gasteiger partial charge in [0.2, 0.25) is 11.7 Å². The van der Waals surface area contributed by atoms with Crippen molar-refractivity contribution in [2.75, 3.05) is 0 Å². The van der Waals surface area contributed by atoms with E-state index < -0.39 is 0 Å². The van der Waals surface area contributed by atoms with Gasteiger partial charge < -0.3 is 14.8 Å². The second-order valence-electron chi connectivity index (χ2n) is 4.11. The molecule has 6 heteroatoms. The molecule has 96 valence electrons. The van der Waals surface area contributed by atoms with Crippen LogP contribution >= 0.6 is 0 Å². The van der Waals surface area contributed by atoms with E-state index in [0.29, 0.717) is 11.7 Å². The summed E-state index contributed by atoms with van der Waals surface area (Å²) in [7, 11) is 0. The molecule has 0 aliphatic rings. The highest BCUT2D eigenvalue weighted by molar-refractivity contribution is 5.58. The molecule has 6 nitrogen and oxygen atoms in total. The zero-order valence-electron chi connectivity index (χ0n) is 10.4. The van der Waals surface area contributed by atoms with E-state index in [4.69, 9.17) is 10.3 Å². The third-order valence-electron chi connectivity index (χ3n) is 2.85. The minimum absolute atomic E-state index is 0.243. The Hall–Kier alpha value is -2.47. The molecule has 0 spiro atoms. The largest absolute Gasteiger partial charge is 0.338 e. The molecule has 0 saturated carbocycles. The topological polar surface area (TPSA) is 82.8 Å². The average Bonchev–Trinajstić information content (AvgIpc) is 3.07. The van der Waals surface area contributed by atoms with Crippen molar-refractivity contribution < 1.29 is 4.52 Å². The van der Waals surface area contributed by atoms with Crippen LogP contribution in [-0.2, 0) is 6.54 Å². The summed E-state index contributed by atoms with van der Waals surface area (Å²) in [6.07, 6.45) is 3.68. The highest BCUT2D eigenvalue weighted by Crippen LogP contribution is 2.20. The van der Waals surface area contributed by atoms with Crippen molar-refractivity contribution in [3.05, 3.63) is 48.4 Å². The Balaban J connectivity index is 2.02. The molecule has 0 aliphatic carbocycles. The van der Waals surface area contributed by atoms with Crippen LogP contribution in [0, 0.1) is 6.92 Å². The first-order chi connectivity index (χ1) is 9.28. The van der Waals surface area contributed by atoms with E-state index >= 15 is 0 Å². The Morgan fingerprint density at radius 3 is 2.95 bits per heavy atom. The van der Waals surface area contributed by atoms with Gasteiger partial charge in [0, 0.05) is 23.6 Å². The summed E-state index contributed by atoms with van der Waals surface area (Å²) >= 11 is 0. The maximum atomic E-state index is 5.46. The van der Waals surface area contributed by atoms with E-state index in [1.165, 1.54) is 0 Å². The summed E-state index contributed by atoms with van der Waals surface area (Å²) in [5.41, 5.74) is 7.35. The molecule has 0 bridgehead atoms. The van der Waals surface area contributed by atoms with Gasteiger partial charge in [0.1, 0.15) is 5.82 Å². The highest BCUT2D eigenvalue weighted by atomic mass is 16.5. The number of hydrogen-bond donors (Lipinski definition) is 1. The van der Waals surface area contributed by atoms with Crippen LogP contribution in [-0.4, -0.2) is 19.7 Å². The van der Waals surface area contributed by atoms with Crippen LogP contribution in [0.3, 0.4) is 0 Å². The lowest BCUT2D eigenvalue weighted by Crippen LogP contribution is -1.97. The van der Waals surface area contributed by atoms with Crippen LogP contribution in [0.1, 0.15) is 11.7 Å². The van der Waals surface area contributed by atoms with Crippen LogP contribution in [0.2, 0.25) is 0 Å². The van der Waals surface area contributed by atoms with Gasteiger partial charge in [-0.15, -0.1) is 0 Å². The van der Waals surface area contributed by atoms with Crippen LogP contribution < -0.4 is 5.73 Å². The number of aryl methyl sites for hydroxylation is 1. The average molecular weight is 255 g/mol. The number of aromatic nitrogens is 4. The van der Waals surface area contributed by atoms with E-state index in [9.17, 15) is 0 Å². The van der Waals surface area contributed by atoms with Crippen molar-refractivity contribution in [2.45, 2.75) is 13.5 Å². The van der Waals surface area contributed by atoms with Gasteiger partial charge in [-0.05, 0) is 19.1 Å². The van der Waals surface area contributed by atoms with Gasteiger partial charge in [-0.2, -0.15) is 4.98 Å². The first-order valence-electron chi connectivity index (χ1n) is 5.91. The molecule has 0 fully saturated rings. The molecule has 0 radical (unpaired) electrons. The van der Waals surface area contributed by atoms with Crippen LogP contribution in [0.4, 0.5) is 0 Å². The second-order valence-corrected chi connectivity index (χ2v) is 4.11. The second kappa shape index (κ2) is 4.66. The molecular weight excluding hydrogens is 242 g/mol. The minimum Gasteiger partial charge on any atom is -0.338 e. The van der Waals surface area contributed by atoms with E-state index in [-0.39, 0.29) is 6.54 Å². The first kappa shape index (κ1) is 11.6. The number of hydrogen-bond acceptors (Lipinski definition) is 5. The molecule has 0 unspecified atom stereocenters. The molecule has 19 heavy (non-hydrogen) atoms. The molecule has 2 heterocycles. The molecule has 2 aromatic heterocycles. The number of nitrogens with two attached hydrogens (primary N) is 1. The maximum absolute atomic E-state index is 5.46. The minimum atomic E-state index is 0.243. The zero-order chi connectivity index (χ0) is 13.2. The summed E-state index contributed by atoms with van der Waals surface area (Å²) < 4.78 is 7.01. The van der Waals surface area contributed by atoms with Crippen molar-refractivity contribution in [1.82, 2.24) is 19.7 Å². The number of rotatable bonds is 3. The fourth-order valence-corrected chi connectivity index (χ4v) is 1.90. The van der Waals surface area contributed by atoms with Crippen molar-refractivity contribution in [2.24, 2.45) is 5.73 Å². The Kier molecular flexibility index (Phi) is 2.85. The molecular formula is C13H13N5O. The smallest absolute Gasteiger partial charge is 0.240 e. The third-order valence-corrected chi connectivity index (χ3v) is 2.85. The van der Waals surface area contributed by atoms with Crippen molar-refractivity contribution in [3.63, 3.8) is 0 Å². The summed E-state index contributed by atoms with van der Waals surface area (Å²) in [5.74, 6) is 1.90. The summed E-state index contributed by atoms with van der Waals surface area (Å²) in [6, 6.07) is 7.87. The molecule has 3 rings (SSSR count). The SMILES string of the molecule is Cc1nccn1-c1cccc(-c2noc(CN)n2)c1. The molecule has 0 amide bonds. The van der Waals surface area contributed by atoms with Gasteiger partial charge in [-0.25, -0.2) is 4.98 Å². The van der Waals surface area contributed by atoms with Gasteiger partial charge in [0.05, 0.1) is 6.54 Å². The lowest BCUT2D eigenvalue weighted by atomic mass is 10.2. The highest BCUT2D eigenvalue weighted by Gasteiger charge is 2.09. The Labute approximate surface area is 109 Å². The molecule has 3 aromatic rings. The fraction of sp³-hybridized carbons (Fsp3) is 0.154. The number of imidazole rings is 1. The predicted octanol–water partition coefficient (Wildman–Crippen LogP) is 1.69. The van der Waals surface area contributed by atoms with Gasteiger partial charge in [0.15, 0.2) is 0 Å². The van der Waals surface area contributed by atoms with Crippen LogP contribution in [0.15, 0.2) is 41.2 Å². The van der Waals surface area contributed by atoms with Gasteiger partial charge in [-0.3, -0.25) is 0 Å². The monoisotopic (exact) mass is 255 g/mol. The maximum Gasteiger partial charge on any atom is 0.240 e. The molecule has 2 N–H and O–H groups in total. The van der Waals surface area contributed by atoms with Crippen LogP contribution in [0.5, 0.6) is 0 Å². The Morgan fingerprint density at radius 1 is 1.37 bits per heavy atom. The first-order valence-corrected chi connectivity index (χ1v) is 5.91. The van der Waals surface area contributed by atoms with E-state index in [1.807, 2.05) is 42.0 Å². The third kappa shape index (κ3) is 2.13. The van der Waals surface area contributed by atoms with Crippen molar-refractivity contribution >= 4 is 0 Å². The molecule has 1 aromatic carbocycles. The quantitative estimate of drug-likeness (QED) is 0.770. The van der Waals surface area contributed by atoms with E-state index in [2.05, 4.69) is 15.1 Å². The summed E-state index contributed by atoms with van der Waals surface area (Å²) in [6.45, 7) is 2.20. The number of benzene rings is 1. The predicted molar refractivity (Wildman–Crippen MR) is 69.5 cm³/mol. The van der Waals surface area contributed by atoms with Crippen molar-refractivity contribution in [1.29, 1.82) is 0 Å².